The molecule has 0 radical (unpaired) electrons. The van der Waals surface area contributed by atoms with E-state index >= 15 is 0 Å². The van der Waals surface area contributed by atoms with Crippen LogP contribution in [0.1, 0.15) is 52.2 Å². The van der Waals surface area contributed by atoms with Gasteiger partial charge in [0, 0.05) is 58.4 Å². The van der Waals surface area contributed by atoms with E-state index in [0.29, 0.717) is 57.4 Å². The molecule has 0 N–H and O–H groups in total. The number of hydrogen-bond acceptors (Lipinski definition) is 4. The van der Waals surface area contributed by atoms with Crippen LogP contribution in [-0.4, -0.2) is 75.6 Å². The molecular weight excluding hydrogens is 452 g/mol. The van der Waals surface area contributed by atoms with Crippen molar-refractivity contribution in [2.75, 3.05) is 39.3 Å². The topological polar surface area (TPSA) is 61.7 Å². The predicted octanol–water partition coefficient (Wildman–Crippen LogP) is 3.49. The Kier molecular flexibility index (Phi) is 8.07. The first-order chi connectivity index (χ1) is 15.7. The molecule has 0 atom stereocenters. The lowest BCUT2D eigenvalue weighted by Crippen LogP contribution is -2.38. The Morgan fingerprint density at radius 1 is 1.06 bits per heavy atom. The van der Waals surface area contributed by atoms with Gasteiger partial charge in [0.1, 0.15) is 16.8 Å². The van der Waals surface area contributed by atoms with Crippen LogP contribution in [0.2, 0.25) is 5.15 Å². The van der Waals surface area contributed by atoms with Gasteiger partial charge in [-0.1, -0.05) is 11.6 Å². The highest BCUT2D eigenvalue weighted by Crippen LogP contribution is 2.24. The average Bonchev–Trinajstić information content (AvgIpc) is 2.95. The average molecular weight is 482 g/mol. The van der Waals surface area contributed by atoms with Crippen LogP contribution in [0.15, 0.2) is 12.1 Å². The highest BCUT2D eigenvalue weighted by Gasteiger charge is 2.31. The molecule has 1 saturated heterocycles. The number of aromatic nitrogens is 2. The minimum Gasteiger partial charge on any atom is -0.339 e. The molecule has 33 heavy (non-hydrogen) atoms. The molecule has 0 saturated carbocycles. The van der Waals surface area contributed by atoms with Gasteiger partial charge in [0.05, 0.1) is 16.8 Å². The van der Waals surface area contributed by atoms with Gasteiger partial charge >= 0.3 is 0 Å². The van der Waals surface area contributed by atoms with Crippen LogP contribution in [0.4, 0.5) is 8.78 Å². The molecule has 0 unspecified atom stereocenters. The van der Waals surface area contributed by atoms with Crippen molar-refractivity contribution in [3.63, 3.8) is 0 Å². The highest BCUT2D eigenvalue weighted by molar-refractivity contribution is 6.30. The van der Waals surface area contributed by atoms with Crippen molar-refractivity contribution in [2.24, 2.45) is 7.05 Å². The summed E-state index contributed by atoms with van der Waals surface area (Å²) in [5.41, 5.74) is 0.789. The third kappa shape index (κ3) is 5.19. The van der Waals surface area contributed by atoms with E-state index in [0.717, 1.165) is 23.4 Å². The van der Waals surface area contributed by atoms with Gasteiger partial charge in [-0.25, -0.2) is 8.78 Å². The zero-order valence-electron chi connectivity index (χ0n) is 19.5. The number of rotatable bonds is 6. The molecule has 2 aromatic rings. The van der Waals surface area contributed by atoms with Crippen molar-refractivity contribution in [3.8, 4) is 0 Å². The van der Waals surface area contributed by atoms with Crippen LogP contribution in [0.3, 0.4) is 0 Å². The van der Waals surface area contributed by atoms with Gasteiger partial charge in [0.2, 0.25) is 0 Å². The van der Waals surface area contributed by atoms with Crippen molar-refractivity contribution in [1.82, 2.24) is 24.5 Å². The second-order valence-corrected chi connectivity index (χ2v) is 8.51. The Balaban J connectivity index is 1.82. The summed E-state index contributed by atoms with van der Waals surface area (Å²) in [6.07, 6.45) is 0.652. The predicted molar refractivity (Wildman–Crippen MR) is 122 cm³/mol. The Morgan fingerprint density at radius 2 is 1.70 bits per heavy atom. The fourth-order valence-corrected chi connectivity index (χ4v) is 4.44. The van der Waals surface area contributed by atoms with E-state index in [1.54, 1.807) is 25.6 Å². The SMILES string of the molecule is CCN(CC)C(=O)c1c(F)ccc(F)c1C(=O)N1CCCN(Cc2c(C)nn(C)c2Cl)CC1. The van der Waals surface area contributed by atoms with Crippen LogP contribution in [-0.2, 0) is 13.6 Å². The molecule has 1 aromatic heterocycles. The quantitative estimate of drug-likeness (QED) is 0.633. The van der Waals surface area contributed by atoms with E-state index in [2.05, 4.69) is 10.00 Å². The molecule has 1 fully saturated rings. The lowest BCUT2D eigenvalue weighted by molar-refractivity contribution is 0.0719. The smallest absolute Gasteiger partial charge is 0.257 e. The number of hydrogen-bond donors (Lipinski definition) is 0. The molecule has 1 aromatic carbocycles. The summed E-state index contributed by atoms with van der Waals surface area (Å²) in [6, 6.07) is 1.80. The van der Waals surface area contributed by atoms with E-state index in [-0.39, 0.29) is 0 Å². The summed E-state index contributed by atoms with van der Waals surface area (Å²) in [5, 5.41) is 4.91. The number of carbonyl (C=O) groups is 2. The minimum absolute atomic E-state index is 0.324. The number of amides is 2. The molecule has 10 heteroatoms. The maximum absolute atomic E-state index is 14.8. The molecule has 2 amide bonds. The van der Waals surface area contributed by atoms with E-state index in [1.807, 2.05) is 6.92 Å². The number of aryl methyl sites for hydroxylation is 2. The Morgan fingerprint density at radius 3 is 2.27 bits per heavy atom. The zero-order chi connectivity index (χ0) is 24.3. The lowest BCUT2D eigenvalue weighted by Gasteiger charge is -2.25. The Hall–Kier alpha value is -2.52. The van der Waals surface area contributed by atoms with Gasteiger partial charge in [0.15, 0.2) is 0 Å². The summed E-state index contributed by atoms with van der Waals surface area (Å²) in [6.45, 7) is 8.59. The molecule has 0 bridgehead atoms. The van der Waals surface area contributed by atoms with Gasteiger partial charge < -0.3 is 9.80 Å². The van der Waals surface area contributed by atoms with Crippen molar-refractivity contribution in [1.29, 1.82) is 0 Å². The highest BCUT2D eigenvalue weighted by atomic mass is 35.5. The number of benzene rings is 1. The second-order valence-electron chi connectivity index (χ2n) is 8.16. The molecule has 1 aliphatic rings. The molecule has 3 rings (SSSR count). The van der Waals surface area contributed by atoms with Crippen LogP contribution in [0.25, 0.3) is 0 Å². The third-order valence-electron chi connectivity index (χ3n) is 6.11. The molecule has 0 aliphatic carbocycles. The Bertz CT molecular complexity index is 1040. The van der Waals surface area contributed by atoms with Crippen molar-refractivity contribution in [2.45, 2.75) is 33.7 Å². The molecule has 1 aliphatic heterocycles. The summed E-state index contributed by atoms with van der Waals surface area (Å²) >= 11 is 6.36. The monoisotopic (exact) mass is 481 g/mol. The zero-order valence-corrected chi connectivity index (χ0v) is 20.3. The number of carbonyl (C=O) groups excluding carboxylic acids is 2. The maximum atomic E-state index is 14.8. The first kappa shape index (κ1) is 25.1. The standard InChI is InChI=1S/C23H30ClF2N5O2/c1-5-30(6-2)22(32)19-17(25)8-9-18(26)20(19)23(33)31-11-7-10-29(12-13-31)14-16-15(3)27-28(4)21(16)24/h8-9H,5-7,10-14H2,1-4H3. The van der Waals surface area contributed by atoms with Crippen molar-refractivity contribution in [3.05, 3.63) is 51.3 Å². The number of nitrogens with zero attached hydrogens (tertiary/aromatic N) is 5. The van der Waals surface area contributed by atoms with Gasteiger partial charge in [-0.05, 0) is 39.3 Å². The minimum atomic E-state index is -0.894. The van der Waals surface area contributed by atoms with E-state index in [9.17, 15) is 18.4 Å². The van der Waals surface area contributed by atoms with Crippen molar-refractivity contribution < 1.29 is 18.4 Å². The maximum Gasteiger partial charge on any atom is 0.257 e. The van der Waals surface area contributed by atoms with E-state index in [1.165, 1.54) is 9.80 Å². The lowest BCUT2D eigenvalue weighted by atomic mass is 10.0. The fraction of sp³-hybridized carbons (Fsp3) is 0.522. The van der Waals surface area contributed by atoms with Crippen LogP contribution >= 0.6 is 11.6 Å². The largest absolute Gasteiger partial charge is 0.339 e. The van der Waals surface area contributed by atoms with E-state index < -0.39 is 34.6 Å². The van der Waals surface area contributed by atoms with Crippen LogP contribution in [0.5, 0.6) is 0 Å². The van der Waals surface area contributed by atoms with Gasteiger partial charge in [0.25, 0.3) is 11.8 Å². The third-order valence-corrected chi connectivity index (χ3v) is 6.58. The van der Waals surface area contributed by atoms with Gasteiger partial charge in [-0.3, -0.25) is 19.2 Å². The Labute approximate surface area is 197 Å². The molecule has 2 heterocycles. The first-order valence-electron chi connectivity index (χ1n) is 11.2. The molecular formula is C23H30ClF2N5O2. The van der Waals surface area contributed by atoms with Gasteiger partial charge in [-0.2, -0.15) is 5.10 Å². The van der Waals surface area contributed by atoms with Crippen molar-refractivity contribution >= 4 is 23.4 Å². The molecule has 0 spiro atoms. The van der Waals surface area contributed by atoms with Crippen LogP contribution in [0, 0.1) is 18.6 Å². The first-order valence-corrected chi connectivity index (χ1v) is 11.5. The summed E-state index contributed by atoms with van der Waals surface area (Å²) in [7, 11) is 1.78. The summed E-state index contributed by atoms with van der Waals surface area (Å²) in [4.78, 5) is 31.2. The molecule has 180 valence electrons. The van der Waals surface area contributed by atoms with Gasteiger partial charge in [-0.15, -0.1) is 0 Å². The molecule has 7 nitrogen and oxygen atoms in total. The van der Waals surface area contributed by atoms with E-state index in [4.69, 9.17) is 11.6 Å². The van der Waals surface area contributed by atoms with Crippen LogP contribution < -0.4 is 0 Å². The second kappa shape index (κ2) is 10.6. The summed E-state index contributed by atoms with van der Waals surface area (Å²) < 4.78 is 31.1. The fourth-order valence-electron chi connectivity index (χ4n) is 4.21. The summed E-state index contributed by atoms with van der Waals surface area (Å²) in [5.74, 6) is -3.14. The number of halogens is 3. The normalized spacial score (nSPS) is 14.9.